The number of nitrogens with zero attached hydrogens (tertiary/aromatic N) is 1. The molecule has 0 aromatic heterocycles. The Bertz CT molecular complexity index is 1130. The summed E-state index contributed by atoms with van der Waals surface area (Å²) in [7, 11) is 1.48. The molecule has 3 aromatic rings. The number of fused-ring (bicyclic) bond motifs is 3. The molecular formula is C27H27NO4. The van der Waals surface area contributed by atoms with Gasteiger partial charge in [0.05, 0.1) is 0 Å². The van der Waals surface area contributed by atoms with Crippen molar-refractivity contribution in [3.8, 4) is 11.1 Å². The Labute approximate surface area is 188 Å². The zero-order chi connectivity index (χ0) is 23.0. The average molecular weight is 430 g/mol. The smallest absolute Gasteiger partial charge is 0.410 e. The van der Waals surface area contributed by atoms with Gasteiger partial charge in [-0.15, -0.1) is 0 Å². The Kier molecular flexibility index (Phi) is 5.74. The van der Waals surface area contributed by atoms with Crippen molar-refractivity contribution in [2.24, 2.45) is 0 Å². The van der Waals surface area contributed by atoms with Crippen LogP contribution in [0.3, 0.4) is 0 Å². The number of likely N-dealkylation sites (N-methyl/N-ethyl adjacent to an activating group) is 1. The molecule has 1 aliphatic carbocycles. The topological polar surface area (TPSA) is 66.8 Å². The third-order valence-electron chi connectivity index (χ3n) is 6.26. The lowest BCUT2D eigenvalue weighted by atomic mass is 9.93. The molecule has 1 amide bonds. The van der Waals surface area contributed by atoms with Crippen LogP contribution in [0.25, 0.3) is 11.1 Å². The van der Waals surface area contributed by atoms with Crippen LogP contribution in [0.4, 0.5) is 4.79 Å². The quantitative estimate of drug-likeness (QED) is 0.572. The minimum atomic E-state index is -1.12. The highest BCUT2D eigenvalue weighted by atomic mass is 16.6. The van der Waals surface area contributed by atoms with Crippen molar-refractivity contribution >= 4 is 12.1 Å². The standard InChI is InChI=1S/C27H27NO4/c1-16-13-17(2)24(18(3)14-16)25(26(29)30)28(4)27(31)32-15-23-21-11-7-5-9-19(21)20-10-6-8-12-22(20)23/h5-14,23,25H,15H2,1-4H3,(H,29,30). The van der Waals surface area contributed by atoms with Gasteiger partial charge in [0.1, 0.15) is 6.61 Å². The van der Waals surface area contributed by atoms with Gasteiger partial charge in [-0.05, 0) is 59.7 Å². The number of hydrogen-bond donors (Lipinski definition) is 1. The molecule has 0 saturated heterocycles. The van der Waals surface area contributed by atoms with Gasteiger partial charge >= 0.3 is 12.1 Å². The zero-order valence-corrected chi connectivity index (χ0v) is 18.8. The molecule has 0 bridgehead atoms. The van der Waals surface area contributed by atoms with Crippen molar-refractivity contribution in [1.82, 2.24) is 4.90 Å². The number of carbonyl (C=O) groups excluding carboxylic acids is 1. The molecule has 0 radical (unpaired) electrons. The van der Waals surface area contributed by atoms with E-state index in [1.807, 2.05) is 57.2 Å². The summed E-state index contributed by atoms with van der Waals surface area (Å²) in [6.07, 6.45) is -0.654. The lowest BCUT2D eigenvalue weighted by Gasteiger charge is -2.28. The van der Waals surface area contributed by atoms with Crippen LogP contribution in [-0.2, 0) is 9.53 Å². The number of hydrogen-bond acceptors (Lipinski definition) is 3. The highest BCUT2D eigenvalue weighted by Gasteiger charge is 2.34. The number of carboxylic acids is 1. The molecule has 0 spiro atoms. The van der Waals surface area contributed by atoms with E-state index >= 15 is 0 Å². The monoisotopic (exact) mass is 429 g/mol. The SMILES string of the molecule is Cc1cc(C)c(C(C(=O)O)N(C)C(=O)OCC2c3ccccc3-c3ccccc32)c(C)c1. The molecule has 164 valence electrons. The highest BCUT2D eigenvalue weighted by Crippen LogP contribution is 2.44. The van der Waals surface area contributed by atoms with Crippen molar-refractivity contribution in [3.63, 3.8) is 0 Å². The third kappa shape index (κ3) is 3.75. The Balaban J connectivity index is 1.57. The molecule has 1 unspecified atom stereocenters. The lowest BCUT2D eigenvalue weighted by Crippen LogP contribution is -2.37. The molecule has 0 fully saturated rings. The van der Waals surface area contributed by atoms with Gasteiger partial charge in [0.15, 0.2) is 6.04 Å². The molecular weight excluding hydrogens is 402 g/mol. The molecule has 1 aliphatic rings. The Morgan fingerprint density at radius 2 is 1.44 bits per heavy atom. The fraction of sp³-hybridized carbons (Fsp3) is 0.259. The minimum absolute atomic E-state index is 0.0779. The first kappa shape index (κ1) is 21.6. The molecule has 0 saturated carbocycles. The van der Waals surface area contributed by atoms with Crippen LogP contribution in [0.5, 0.6) is 0 Å². The number of aliphatic carboxylic acids is 1. The number of rotatable bonds is 5. The summed E-state index contributed by atoms with van der Waals surface area (Å²) in [5.74, 6) is -1.16. The molecule has 1 atom stereocenters. The predicted octanol–water partition coefficient (Wildman–Crippen LogP) is 5.62. The predicted molar refractivity (Wildman–Crippen MR) is 124 cm³/mol. The zero-order valence-electron chi connectivity index (χ0n) is 18.8. The van der Waals surface area contributed by atoms with E-state index in [0.717, 1.165) is 38.9 Å². The lowest BCUT2D eigenvalue weighted by molar-refractivity contribution is -0.142. The fourth-order valence-corrected chi connectivity index (χ4v) is 4.91. The van der Waals surface area contributed by atoms with E-state index in [9.17, 15) is 14.7 Å². The Morgan fingerprint density at radius 1 is 0.938 bits per heavy atom. The van der Waals surface area contributed by atoms with Gasteiger partial charge in [-0.25, -0.2) is 9.59 Å². The first-order valence-corrected chi connectivity index (χ1v) is 10.7. The maximum absolute atomic E-state index is 13.0. The van der Waals surface area contributed by atoms with Crippen LogP contribution >= 0.6 is 0 Å². The summed E-state index contributed by atoms with van der Waals surface area (Å²) < 4.78 is 5.68. The van der Waals surface area contributed by atoms with Crippen LogP contribution in [0.2, 0.25) is 0 Å². The van der Waals surface area contributed by atoms with Gasteiger partial charge < -0.3 is 9.84 Å². The van der Waals surface area contributed by atoms with E-state index in [0.29, 0.717) is 5.56 Å². The second-order valence-electron chi connectivity index (χ2n) is 8.47. The summed E-state index contributed by atoms with van der Waals surface area (Å²) in [6, 6.07) is 19.0. The van der Waals surface area contributed by atoms with Crippen molar-refractivity contribution in [2.75, 3.05) is 13.7 Å². The number of carbonyl (C=O) groups is 2. The normalized spacial score (nSPS) is 13.2. The number of aryl methyl sites for hydroxylation is 3. The van der Waals surface area contributed by atoms with E-state index in [2.05, 4.69) is 24.3 Å². The number of ether oxygens (including phenoxy) is 1. The van der Waals surface area contributed by atoms with Crippen molar-refractivity contribution in [3.05, 3.63) is 94.0 Å². The van der Waals surface area contributed by atoms with Crippen LogP contribution < -0.4 is 0 Å². The van der Waals surface area contributed by atoms with Gasteiger partial charge in [-0.2, -0.15) is 0 Å². The maximum Gasteiger partial charge on any atom is 0.410 e. The molecule has 32 heavy (non-hydrogen) atoms. The molecule has 0 aliphatic heterocycles. The summed E-state index contributed by atoms with van der Waals surface area (Å²) in [5.41, 5.74) is 7.88. The largest absolute Gasteiger partial charge is 0.479 e. The summed E-state index contributed by atoms with van der Waals surface area (Å²) in [5, 5.41) is 9.95. The molecule has 5 nitrogen and oxygen atoms in total. The molecule has 3 aromatic carbocycles. The molecule has 0 heterocycles. The highest BCUT2D eigenvalue weighted by molar-refractivity contribution is 5.83. The van der Waals surface area contributed by atoms with Crippen LogP contribution in [0.15, 0.2) is 60.7 Å². The van der Waals surface area contributed by atoms with Crippen molar-refractivity contribution in [1.29, 1.82) is 0 Å². The third-order valence-corrected chi connectivity index (χ3v) is 6.26. The second-order valence-corrected chi connectivity index (χ2v) is 8.47. The van der Waals surface area contributed by atoms with Crippen LogP contribution in [0, 0.1) is 20.8 Å². The Morgan fingerprint density at radius 3 is 1.94 bits per heavy atom. The average Bonchev–Trinajstić information content (AvgIpc) is 3.07. The molecule has 4 rings (SSSR count). The van der Waals surface area contributed by atoms with Gasteiger partial charge in [0, 0.05) is 13.0 Å². The summed E-state index contributed by atoms with van der Waals surface area (Å²) in [4.78, 5) is 26.3. The van der Waals surface area contributed by atoms with Gasteiger partial charge in [0.25, 0.3) is 0 Å². The molecule has 5 heteroatoms. The number of carboxylic acid groups (broad SMARTS) is 1. The van der Waals surface area contributed by atoms with Gasteiger partial charge in [-0.3, -0.25) is 4.90 Å². The first-order chi connectivity index (χ1) is 15.3. The first-order valence-electron chi connectivity index (χ1n) is 10.7. The minimum Gasteiger partial charge on any atom is -0.479 e. The Hall–Kier alpha value is -3.60. The maximum atomic E-state index is 13.0. The van der Waals surface area contributed by atoms with E-state index < -0.39 is 18.1 Å². The van der Waals surface area contributed by atoms with E-state index in [4.69, 9.17) is 4.74 Å². The van der Waals surface area contributed by atoms with E-state index in [-0.39, 0.29) is 12.5 Å². The van der Waals surface area contributed by atoms with Crippen molar-refractivity contribution in [2.45, 2.75) is 32.7 Å². The van der Waals surface area contributed by atoms with Crippen molar-refractivity contribution < 1.29 is 19.4 Å². The number of benzene rings is 3. The summed E-state index contributed by atoms with van der Waals surface area (Å²) >= 11 is 0. The van der Waals surface area contributed by atoms with E-state index in [1.54, 1.807) is 0 Å². The van der Waals surface area contributed by atoms with Gasteiger partial charge in [-0.1, -0.05) is 66.2 Å². The fourth-order valence-electron chi connectivity index (χ4n) is 4.91. The van der Waals surface area contributed by atoms with E-state index in [1.165, 1.54) is 11.9 Å². The molecule has 1 N–H and O–H groups in total. The van der Waals surface area contributed by atoms with Gasteiger partial charge in [0.2, 0.25) is 0 Å². The van der Waals surface area contributed by atoms with Crippen LogP contribution in [0.1, 0.15) is 45.3 Å². The summed E-state index contributed by atoms with van der Waals surface area (Å²) in [6.45, 7) is 5.86. The van der Waals surface area contributed by atoms with Crippen LogP contribution in [-0.4, -0.2) is 35.7 Å². The number of amides is 1. The second kappa shape index (κ2) is 8.50.